The maximum atomic E-state index is 11.8. The molecule has 0 aliphatic heterocycles. The van der Waals surface area contributed by atoms with Gasteiger partial charge in [0.25, 0.3) is 0 Å². The molecular weight excluding hydrogens is 254 g/mol. The van der Waals surface area contributed by atoms with Crippen molar-refractivity contribution in [2.75, 3.05) is 46.2 Å². The molecule has 1 aromatic carbocycles. The van der Waals surface area contributed by atoms with Crippen molar-refractivity contribution in [1.82, 2.24) is 10.2 Å². The Morgan fingerprint density at radius 2 is 2.10 bits per heavy atom. The summed E-state index contributed by atoms with van der Waals surface area (Å²) in [5, 5.41) is 5.97. The smallest absolute Gasteiger partial charge is 0.238 e. The molecule has 0 bridgehead atoms. The molecule has 0 atom stereocenters. The lowest BCUT2D eigenvalue weighted by molar-refractivity contribution is -0.115. The third kappa shape index (κ3) is 6.14. The monoisotopic (exact) mass is 279 g/mol. The molecule has 20 heavy (non-hydrogen) atoms. The minimum Gasteiger partial charge on any atom is -0.383 e. The molecule has 0 aliphatic rings. The number of anilines is 1. The molecule has 0 unspecified atom stereocenters. The highest BCUT2D eigenvalue weighted by Crippen LogP contribution is 2.17. The molecule has 0 fully saturated rings. The van der Waals surface area contributed by atoms with E-state index < -0.39 is 0 Å². The van der Waals surface area contributed by atoms with Crippen LogP contribution in [0.1, 0.15) is 11.1 Å². The summed E-state index contributed by atoms with van der Waals surface area (Å²) >= 11 is 0. The van der Waals surface area contributed by atoms with E-state index in [1.54, 1.807) is 7.11 Å². The highest BCUT2D eigenvalue weighted by Gasteiger charge is 2.06. The Morgan fingerprint density at radius 1 is 1.35 bits per heavy atom. The lowest BCUT2D eigenvalue weighted by Crippen LogP contribution is -2.30. The third-order valence-corrected chi connectivity index (χ3v) is 2.84. The van der Waals surface area contributed by atoms with Crippen LogP contribution >= 0.6 is 0 Å². The molecule has 1 aromatic rings. The fraction of sp³-hybridized carbons (Fsp3) is 0.533. The van der Waals surface area contributed by atoms with Crippen molar-refractivity contribution < 1.29 is 9.53 Å². The van der Waals surface area contributed by atoms with Gasteiger partial charge in [-0.25, -0.2) is 0 Å². The Hall–Kier alpha value is -1.43. The number of benzene rings is 1. The Bertz CT molecular complexity index is 433. The largest absolute Gasteiger partial charge is 0.383 e. The van der Waals surface area contributed by atoms with Crippen LogP contribution in [0.2, 0.25) is 0 Å². The van der Waals surface area contributed by atoms with E-state index >= 15 is 0 Å². The van der Waals surface area contributed by atoms with Crippen molar-refractivity contribution in [2.45, 2.75) is 13.5 Å². The molecule has 0 spiro atoms. The predicted octanol–water partition coefficient (Wildman–Crippen LogP) is 1.23. The number of nitrogens with zero attached hydrogens (tertiary/aromatic N) is 1. The first kappa shape index (κ1) is 16.6. The van der Waals surface area contributed by atoms with Gasteiger partial charge in [-0.05, 0) is 38.2 Å². The van der Waals surface area contributed by atoms with Crippen LogP contribution < -0.4 is 10.6 Å². The Morgan fingerprint density at radius 3 is 2.75 bits per heavy atom. The number of rotatable bonds is 8. The molecule has 1 amide bonds. The third-order valence-electron chi connectivity index (χ3n) is 2.84. The molecule has 0 saturated carbocycles. The molecule has 0 saturated heterocycles. The summed E-state index contributed by atoms with van der Waals surface area (Å²) in [4.78, 5) is 13.9. The standard InChI is InChI=1S/C15H25N3O2/c1-12-5-6-13(11-18(2)3)9-14(12)17-15(19)10-16-7-8-20-4/h5-6,9,16H,7-8,10-11H2,1-4H3,(H,17,19). The summed E-state index contributed by atoms with van der Waals surface area (Å²) in [7, 11) is 5.69. The van der Waals surface area contributed by atoms with Crippen LogP contribution in [-0.4, -0.2) is 51.7 Å². The van der Waals surface area contributed by atoms with E-state index in [9.17, 15) is 4.79 Å². The number of amides is 1. The van der Waals surface area contributed by atoms with Gasteiger partial charge in [0.15, 0.2) is 0 Å². The first-order chi connectivity index (χ1) is 9.52. The Labute approximate surface area is 121 Å². The molecule has 2 N–H and O–H groups in total. The van der Waals surface area contributed by atoms with Crippen molar-refractivity contribution >= 4 is 11.6 Å². The molecule has 0 radical (unpaired) electrons. The van der Waals surface area contributed by atoms with Crippen LogP contribution in [0.25, 0.3) is 0 Å². The SMILES string of the molecule is COCCNCC(=O)Nc1cc(CN(C)C)ccc1C. The molecule has 0 heterocycles. The second-order valence-electron chi connectivity index (χ2n) is 5.10. The van der Waals surface area contributed by atoms with Gasteiger partial charge in [-0.2, -0.15) is 0 Å². The number of carbonyl (C=O) groups excluding carboxylic acids is 1. The van der Waals surface area contributed by atoms with E-state index in [2.05, 4.69) is 21.6 Å². The van der Waals surface area contributed by atoms with Crippen molar-refractivity contribution in [3.8, 4) is 0 Å². The lowest BCUT2D eigenvalue weighted by Gasteiger charge is -2.14. The summed E-state index contributed by atoms with van der Waals surface area (Å²) < 4.78 is 4.91. The number of carbonyl (C=O) groups is 1. The molecule has 1 rings (SSSR count). The zero-order valence-electron chi connectivity index (χ0n) is 12.8. The minimum atomic E-state index is -0.0359. The fourth-order valence-corrected chi connectivity index (χ4v) is 1.84. The number of hydrogen-bond acceptors (Lipinski definition) is 4. The highest BCUT2D eigenvalue weighted by molar-refractivity contribution is 5.93. The van der Waals surface area contributed by atoms with E-state index in [-0.39, 0.29) is 5.91 Å². The van der Waals surface area contributed by atoms with Crippen LogP contribution in [0.3, 0.4) is 0 Å². The average molecular weight is 279 g/mol. The maximum Gasteiger partial charge on any atom is 0.238 e. The zero-order valence-corrected chi connectivity index (χ0v) is 12.8. The first-order valence-corrected chi connectivity index (χ1v) is 6.76. The van der Waals surface area contributed by atoms with Gasteiger partial charge in [0.05, 0.1) is 13.2 Å². The molecule has 112 valence electrons. The van der Waals surface area contributed by atoms with Crippen LogP contribution in [0.15, 0.2) is 18.2 Å². The number of methoxy groups -OCH3 is 1. The number of hydrogen-bond donors (Lipinski definition) is 2. The number of nitrogens with one attached hydrogen (secondary N) is 2. The van der Waals surface area contributed by atoms with Crippen LogP contribution in [0.4, 0.5) is 5.69 Å². The molecule has 0 aromatic heterocycles. The average Bonchev–Trinajstić information content (AvgIpc) is 2.38. The normalized spacial score (nSPS) is 10.8. The van der Waals surface area contributed by atoms with Crippen molar-refractivity contribution in [3.05, 3.63) is 29.3 Å². The predicted molar refractivity (Wildman–Crippen MR) is 81.9 cm³/mol. The zero-order chi connectivity index (χ0) is 15.0. The van der Waals surface area contributed by atoms with Crippen LogP contribution in [-0.2, 0) is 16.1 Å². The van der Waals surface area contributed by atoms with E-state index in [1.165, 1.54) is 5.56 Å². The summed E-state index contributed by atoms with van der Waals surface area (Å²) in [5.74, 6) is -0.0359. The van der Waals surface area contributed by atoms with Crippen molar-refractivity contribution in [1.29, 1.82) is 0 Å². The summed E-state index contributed by atoms with van der Waals surface area (Å²) in [6.07, 6.45) is 0. The quantitative estimate of drug-likeness (QED) is 0.703. The van der Waals surface area contributed by atoms with E-state index in [0.717, 1.165) is 17.8 Å². The second-order valence-corrected chi connectivity index (χ2v) is 5.10. The second kappa shape index (κ2) is 8.68. The summed E-state index contributed by atoms with van der Waals surface area (Å²) in [5.41, 5.74) is 3.13. The molecule has 0 aliphatic carbocycles. The Balaban J connectivity index is 2.55. The fourth-order valence-electron chi connectivity index (χ4n) is 1.84. The first-order valence-electron chi connectivity index (χ1n) is 6.76. The molecular formula is C15H25N3O2. The summed E-state index contributed by atoms with van der Waals surface area (Å²) in [6, 6.07) is 6.15. The van der Waals surface area contributed by atoms with Gasteiger partial charge < -0.3 is 20.3 Å². The van der Waals surface area contributed by atoms with Crippen LogP contribution in [0, 0.1) is 6.92 Å². The van der Waals surface area contributed by atoms with E-state index in [0.29, 0.717) is 19.7 Å². The maximum absolute atomic E-state index is 11.8. The van der Waals surface area contributed by atoms with Crippen molar-refractivity contribution in [2.24, 2.45) is 0 Å². The highest BCUT2D eigenvalue weighted by atomic mass is 16.5. The van der Waals surface area contributed by atoms with Crippen molar-refractivity contribution in [3.63, 3.8) is 0 Å². The summed E-state index contributed by atoms with van der Waals surface area (Å²) in [6.45, 7) is 4.41. The van der Waals surface area contributed by atoms with Gasteiger partial charge in [0.2, 0.25) is 5.91 Å². The lowest BCUT2D eigenvalue weighted by atomic mass is 10.1. The number of aryl methyl sites for hydroxylation is 1. The molecule has 5 heteroatoms. The topological polar surface area (TPSA) is 53.6 Å². The van der Waals surface area contributed by atoms with Gasteiger partial charge in [0.1, 0.15) is 0 Å². The van der Waals surface area contributed by atoms with Gasteiger partial charge in [0, 0.05) is 25.9 Å². The Kier molecular flexibility index (Phi) is 7.22. The van der Waals surface area contributed by atoms with Gasteiger partial charge in [-0.3, -0.25) is 4.79 Å². The minimum absolute atomic E-state index is 0.0359. The van der Waals surface area contributed by atoms with Gasteiger partial charge in [-0.1, -0.05) is 12.1 Å². The van der Waals surface area contributed by atoms with Gasteiger partial charge >= 0.3 is 0 Å². The van der Waals surface area contributed by atoms with E-state index in [4.69, 9.17) is 4.74 Å². The number of ether oxygens (including phenoxy) is 1. The van der Waals surface area contributed by atoms with Gasteiger partial charge in [-0.15, -0.1) is 0 Å². The van der Waals surface area contributed by atoms with Crippen LogP contribution in [0.5, 0.6) is 0 Å². The molecule has 5 nitrogen and oxygen atoms in total. The van der Waals surface area contributed by atoms with E-state index in [1.807, 2.05) is 33.2 Å².